The van der Waals surface area contributed by atoms with E-state index in [0.29, 0.717) is 23.6 Å². The quantitative estimate of drug-likeness (QED) is 0.330. The summed E-state index contributed by atoms with van der Waals surface area (Å²) >= 11 is 0. The molecule has 2 N–H and O–H groups in total. The van der Waals surface area contributed by atoms with Gasteiger partial charge in [-0.3, -0.25) is 15.1 Å². The molecule has 0 saturated heterocycles. The molecule has 1 aliphatic rings. The van der Waals surface area contributed by atoms with Crippen LogP contribution in [0.5, 0.6) is 5.75 Å². The average molecular weight is 495 g/mol. The number of aromatic nitrogens is 4. The number of rotatable bonds is 7. The van der Waals surface area contributed by atoms with Crippen molar-refractivity contribution in [2.75, 3.05) is 33.8 Å². The summed E-state index contributed by atoms with van der Waals surface area (Å²) in [6.07, 6.45) is 6.35. The highest BCUT2D eigenvalue weighted by atomic mass is 19.1. The predicted molar refractivity (Wildman–Crippen MR) is 144 cm³/mol. The number of hydrogen-bond acceptors (Lipinski definition) is 5. The molecular formula is C29H27FN6O. The molecule has 0 fully saturated rings. The minimum atomic E-state index is -0.357. The number of halogens is 1. The Labute approximate surface area is 214 Å². The summed E-state index contributed by atoms with van der Waals surface area (Å²) in [7, 11) is 3.95. The Bertz CT molecular complexity index is 1600. The number of H-pyrrole nitrogens is 2. The van der Waals surface area contributed by atoms with Gasteiger partial charge in [0, 0.05) is 59.1 Å². The van der Waals surface area contributed by atoms with E-state index in [1.54, 1.807) is 6.20 Å². The molecule has 6 rings (SSSR count). The zero-order valence-corrected chi connectivity index (χ0v) is 20.8. The van der Waals surface area contributed by atoms with Gasteiger partial charge in [0.25, 0.3) is 0 Å². The van der Waals surface area contributed by atoms with Crippen LogP contribution in [-0.4, -0.2) is 64.6 Å². The van der Waals surface area contributed by atoms with Crippen LogP contribution >= 0.6 is 0 Å². The molecule has 0 atom stereocenters. The van der Waals surface area contributed by atoms with Crippen molar-refractivity contribution in [3.8, 4) is 28.1 Å². The molecule has 0 spiro atoms. The van der Waals surface area contributed by atoms with Gasteiger partial charge in [-0.05, 0) is 62.0 Å². The van der Waals surface area contributed by atoms with Crippen molar-refractivity contribution in [1.82, 2.24) is 25.1 Å². The Hall–Kier alpha value is -4.30. The van der Waals surface area contributed by atoms with Crippen LogP contribution in [0.1, 0.15) is 16.8 Å². The first-order chi connectivity index (χ1) is 18.0. The van der Waals surface area contributed by atoms with E-state index < -0.39 is 0 Å². The lowest BCUT2D eigenvalue weighted by atomic mass is 9.92. The Morgan fingerprint density at radius 2 is 1.95 bits per heavy atom. The van der Waals surface area contributed by atoms with Crippen molar-refractivity contribution in [2.24, 2.45) is 4.99 Å². The first-order valence-electron chi connectivity index (χ1n) is 12.3. The highest BCUT2D eigenvalue weighted by molar-refractivity contribution is 6.16. The van der Waals surface area contributed by atoms with E-state index in [4.69, 9.17) is 9.73 Å². The monoisotopic (exact) mass is 494 g/mol. The first kappa shape index (κ1) is 23.1. The van der Waals surface area contributed by atoms with Crippen molar-refractivity contribution in [3.63, 3.8) is 0 Å². The minimum absolute atomic E-state index is 0.357. The zero-order chi connectivity index (χ0) is 25.4. The molecule has 3 aromatic heterocycles. The lowest BCUT2D eigenvalue weighted by Gasteiger charge is -2.17. The van der Waals surface area contributed by atoms with Crippen LogP contribution in [0.25, 0.3) is 33.3 Å². The van der Waals surface area contributed by atoms with E-state index in [0.717, 1.165) is 58.5 Å². The number of pyridine rings is 1. The van der Waals surface area contributed by atoms with Gasteiger partial charge >= 0.3 is 0 Å². The molecule has 2 aromatic carbocycles. The summed E-state index contributed by atoms with van der Waals surface area (Å²) < 4.78 is 20.4. The number of hydrogen-bond donors (Lipinski definition) is 2. The molecule has 8 heteroatoms. The Morgan fingerprint density at radius 3 is 2.78 bits per heavy atom. The summed E-state index contributed by atoms with van der Waals surface area (Å²) in [5.74, 6) is 0.132. The third-order valence-corrected chi connectivity index (χ3v) is 6.60. The lowest BCUT2D eigenvalue weighted by Crippen LogP contribution is -2.19. The summed E-state index contributed by atoms with van der Waals surface area (Å²) in [5, 5.41) is 7.87. The largest absolute Gasteiger partial charge is 0.492 e. The van der Waals surface area contributed by atoms with Crippen molar-refractivity contribution >= 4 is 16.6 Å². The van der Waals surface area contributed by atoms with Crippen molar-refractivity contribution < 1.29 is 9.13 Å². The molecule has 0 aliphatic carbocycles. The SMILES string of the molecule is CN(C)CCOc1cc(F)cc(-c2nccc3[nH]c(C4=NCCc5ccc(-c6cn[nH]c6)cc54)cc23)c1. The number of aliphatic imine (C=N–C) groups is 1. The van der Waals surface area contributed by atoms with Gasteiger partial charge in [0.15, 0.2) is 0 Å². The number of benzene rings is 2. The van der Waals surface area contributed by atoms with Gasteiger partial charge in [-0.2, -0.15) is 5.10 Å². The fourth-order valence-corrected chi connectivity index (χ4v) is 4.75. The van der Waals surface area contributed by atoms with Crippen LogP contribution in [-0.2, 0) is 6.42 Å². The Kier molecular flexibility index (Phi) is 6.02. The van der Waals surface area contributed by atoms with Crippen molar-refractivity contribution in [3.05, 3.63) is 89.8 Å². The van der Waals surface area contributed by atoms with Crippen LogP contribution in [0, 0.1) is 5.82 Å². The van der Waals surface area contributed by atoms with E-state index in [2.05, 4.69) is 44.4 Å². The predicted octanol–water partition coefficient (Wildman–Crippen LogP) is 5.09. The molecule has 0 amide bonds. The molecule has 0 radical (unpaired) electrons. The van der Waals surface area contributed by atoms with Gasteiger partial charge in [-0.25, -0.2) is 4.39 Å². The van der Waals surface area contributed by atoms with Crippen LogP contribution in [0.15, 0.2) is 72.1 Å². The lowest BCUT2D eigenvalue weighted by molar-refractivity contribution is 0.260. The number of aromatic amines is 2. The second-order valence-electron chi connectivity index (χ2n) is 9.47. The molecule has 1 aliphatic heterocycles. The normalized spacial score (nSPS) is 13.1. The Balaban J connectivity index is 1.39. The van der Waals surface area contributed by atoms with E-state index in [-0.39, 0.29) is 5.82 Å². The maximum absolute atomic E-state index is 14.6. The highest BCUT2D eigenvalue weighted by Crippen LogP contribution is 2.32. The second kappa shape index (κ2) is 9.63. The van der Waals surface area contributed by atoms with Crippen molar-refractivity contribution in [1.29, 1.82) is 0 Å². The first-order valence-corrected chi connectivity index (χ1v) is 12.3. The molecule has 5 aromatic rings. The highest BCUT2D eigenvalue weighted by Gasteiger charge is 2.20. The summed E-state index contributed by atoms with van der Waals surface area (Å²) in [6.45, 7) is 1.94. The molecule has 0 saturated carbocycles. The van der Waals surface area contributed by atoms with Gasteiger partial charge in [-0.15, -0.1) is 0 Å². The summed E-state index contributed by atoms with van der Waals surface area (Å²) in [4.78, 5) is 15.1. The van der Waals surface area contributed by atoms with Gasteiger partial charge in [0.2, 0.25) is 0 Å². The standard InChI is InChI=1S/C29H27FN6O/c1-36(2)9-10-37-23-12-20(11-22(30)14-23)28-25-15-27(35-26(25)6-8-31-28)29-24-13-19(21-16-33-34-17-21)4-3-18(24)5-7-32-29/h3-4,6,8,11-17,35H,5,7,9-10H2,1-2H3,(H,33,34). The number of fused-ring (bicyclic) bond motifs is 2. The van der Waals surface area contributed by atoms with Gasteiger partial charge < -0.3 is 14.6 Å². The average Bonchev–Trinajstić information content (AvgIpc) is 3.58. The zero-order valence-electron chi connectivity index (χ0n) is 20.8. The second-order valence-corrected chi connectivity index (χ2v) is 9.47. The molecule has 37 heavy (non-hydrogen) atoms. The van der Waals surface area contributed by atoms with Gasteiger partial charge in [-0.1, -0.05) is 12.1 Å². The number of likely N-dealkylation sites (N-methyl/N-ethyl adjacent to an activating group) is 1. The fourth-order valence-electron chi connectivity index (χ4n) is 4.75. The van der Waals surface area contributed by atoms with Crippen LogP contribution in [0.4, 0.5) is 4.39 Å². The van der Waals surface area contributed by atoms with Crippen LogP contribution < -0.4 is 4.74 Å². The van der Waals surface area contributed by atoms with Crippen LogP contribution in [0.3, 0.4) is 0 Å². The molecular weight excluding hydrogens is 467 g/mol. The third kappa shape index (κ3) is 4.63. The van der Waals surface area contributed by atoms with E-state index >= 15 is 0 Å². The van der Waals surface area contributed by atoms with E-state index in [1.807, 2.05) is 43.5 Å². The number of nitrogens with zero attached hydrogens (tertiary/aromatic N) is 4. The third-order valence-electron chi connectivity index (χ3n) is 6.60. The number of ether oxygens (including phenoxy) is 1. The summed E-state index contributed by atoms with van der Waals surface area (Å²) in [6, 6.07) is 15.2. The molecule has 7 nitrogen and oxygen atoms in total. The maximum Gasteiger partial charge on any atom is 0.127 e. The van der Waals surface area contributed by atoms with Gasteiger partial charge in [0.1, 0.15) is 18.2 Å². The smallest absolute Gasteiger partial charge is 0.127 e. The van der Waals surface area contributed by atoms with Crippen molar-refractivity contribution in [2.45, 2.75) is 6.42 Å². The molecule has 0 unspecified atom stereocenters. The minimum Gasteiger partial charge on any atom is -0.492 e. The molecule has 186 valence electrons. The van der Waals surface area contributed by atoms with E-state index in [1.165, 1.54) is 17.7 Å². The van der Waals surface area contributed by atoms with Crippen LogP contribution in [0.2, 0.25) is 0 Å². The van der Waals surface area contributed by atoms with E-state index in [9.17, 15) is 4.39 Å². The maximum atomic E-state index is 14.6. The fraction of sp³-hybridized carbons (Fsp3) is 0.207. The molecule has 0 bridgehead atoms. The van der Waals surface area contributed by atoms with Gasteiger partial charge in [0.05, 0.1) is 23.3 Å². The summed E-state index contributed by atoms with van der Waals surface area (Å²) in [5.41, 5.74) is 8.60. The topological polar surface area (TPSA) is 82.2 Å². The number of nitrogens with one attached hydrogen (secondary N) is 2. The Morgan fingerprint density at radius 1 is 1.03 bits per heavy atom. The molecule has 4 heterocycles.